The van der Waals surface area contributed by atoms with E-state index in [4.69, 9.17) is 15.9 Å². The maximum absolute atomic E-state index is 12.9. The minimum Gasteiger partial charge on any atom is -0.505 e. The molecule has 1 aromatic carbocycles. The van der Waals surface area contributed by atoms with Crippen LogP contribution in [-0.2, 0) is 0 Å². The molecule has 70 valence electrons. The molecule has 1 aromatic rings. The third-order valence-corrected chi connectivity index (χ3v) is 2.06. The fourth-order valence-electron chi connectivity index (χ4n) is 0.845. The highest BCUT2D eigenvalue weighted by Crippen LogP contribution is 2.34. The smallest absolute Gasteiger partial charge is 0.340 e. The van der Waals surface area contributed by atoms with Crippen LogP contribution in [0, 0.1) is 5.82 Å². The highest BCUT2D eigenvalue weighted by molar-refractivity contribution is 9.10. The number of carboxylic acid groups (broad SMARTS) is 1. The predicted octanol–water partition coefficient (Wildman–Crippen LogP) is 1.57. The van der Waals surface area contributed by atoms with Gasteiger partial charge < -0.3 is 15.9 Å². The molecule has 0 aliphatic rings. The van der Waals surface area contributed by atoms with Crippen molar-refractivity contribution in [1.29, 1.82) is 0 Å². The number of hydrogen-bond acceptors (Lipinski definition) is 3. The average molecular weight is 250 g/mol. The first-order valence-corrected chi connectivity index (χ1v) is 3.94. The number of benzene rings is 1. The number of rotatable bonds is 1. The van der Waals surface area contributed by atoms with Gasteiger partial charge in [-0.05, 0) is 22.0 Å². The first kappa shape index (κ1) is 9.79. The molecule has 0 spiro atoms. The molecule has 0 unspecified atom stereocenters. The number of aromatic carboxylic acids is 1. The van der Waals surface area contributed by atoms with Crippen molar-refractivity contribution in [3.05, 3.63) is 21.9 Å². The number of phenolic OH excluding ortho intramolecular Hbond substituents is 1. The zero-order valence-corrected chi connectivity index (χ0v) is 7.80. The van der Waals surface area contributed by atoms with E-state index in [9.17, 15) is 9.18 Å². The van der Waals surface area contributed by atoms with Crippen molar-refractivity contribution in [2.75, 3.05) is 5.73 Å². The highest BCUT2D eigenvalue weighted by atomic mass is 79.9. The van der Waals surface area contributed by atoms with E-state index >= 15 is 0 Å². The lowest BCUT2D eigenvalue weighted by molar-refractivity contribution is 0.0692. The Balaban J connectivity index is 3.53. The highest BCUT2D eigenvalue weighted by Gasteiger charge is 2.19. The summed E-state index contributed by atoms with van der Waals surface area (Å²) in [5.74, 6) is -2.98. The second kappa shape index (κ2) is 3.21. The van der Waals surface area contributed by atoms with Gasteiger partial charge in [-0.15, -0.1) is 0 Å². The number of nitrogen functional groups attached to an aromatic ring is 1. The Morgan fingerprint density at radius 2 is 2.15 bits per heavy atom. The number of carboxylic acids is 1. The molecule has 0 bridgehead atoms. The van der Waals surface area contributed by atoms with Gasteiger partial charge in [-0.1, -0.05) is 0 Å². The molecule has 0 saturated carbocycles. The molecule has 0 radical (unpaired) electrons. The number of carbonyl (C=O) groups is 1. The van der Waals surface area contributed by atoms with Gasteiger partial charge in [-0.25, -0.2) is 9.18 Å². The van der Waals surface area contributed by atoms with Crippen LogP contribution in [0.2, 0.25) is 0 Å². The zero-order chi connectivity index (χ0) is 10.2. The fraction of sp³-hybridized carbons (Fsp3) is 0. The molecule has 6 heteroatoms. The minimum absolute atomic E-state index is 0.0208. The number of halogens is 2. The van der Waals surface area contributed by atoms with Gasteiger partial charge in [-0.2, -0.15) is 0 Å². The summed E-state index contributed by atoms with van der Waals surface area (Å²) in [6.07, 6.45) is 0. The summed E-state index contributed by atoms with van der Waals surface area (Å²) >= 11 is 2.82. The van der Waals surface area contributed by atoms with Crippen molar-refractivity contribution in [2.24, 2.45) is 0 Å². The Morgan fingerprint density at radius 1 is 1.62 bits per heavy atom. The number of nitrogens with two attached hydrogens (primary N) is 1. The molecule has 4 nitrogen and oxygen atoms in total. The summed E-state index contributed by atoms with van der Waals surface area (Å²) < 4.78 is 13.0. The quantitative estimate of drug-likeness (QED) is 0.521. The van der Waals surface area contributed by atoms with Crippen molar-refractivity contribution < 1.29 is 19.4 Å². The molecule has 0 fully saturated rings. The zero-order valence-electron chi connectivity index (χ0n) is 6.21. The molecule has 13 heavy (non-hydrogen) atoms. The van der Waals surface area contributed by atoms with Crippen molar-refractivity contribution in [3.63, 3.8) is 0 Å². The van der Waals surface area contributed by atoms with Gasteiger partial charge in [0.1, 0.15) is 11.4 Å². The summed E-state index contributed by atoms with van der Waals surface area (Å²) in [6.45, 7) is 0. The van der Waals surface area contributed by atoms with Crippen LogP contribution in [0.15, 0.2) is 10.5 Å². The van der Waals surface area contributed by atoms with E-state index in [2.05, 4.69) is 15.9 Å². The topological polar surface area (TPSA) is 83.5 Å². The molecule has 0 amide bonds. The Hall–Kier alpha value is -1.30. The summed E-state index contributed by atoms with van der Waals surface area (Å²) in [5.41, 5.74) is 3.98. The first-order chi connectivity index (χ1) is 5.95. The first-order valence-electron chi connectivity index (χ1n) is 3.15. The Bertz CT molecular complexity index is 380. The van der Waals surface area contributed by atoms with Gasteiger partial charge in [0.05, 0.1) is 10.2 Å². The molecule has 0 aliphatic heterocycles. The lowest BCUT2D eigenvalue weighted by atomic mass is 10.1. The molecule has 0 saturated heterocycles. The molecule has 0 aromatic heterocycles. The third kappa shape index (κ3) is 1.57. The molecule has 4 N–H and O–H groups in total. The number of aromatic hydroxyl groups is 1. The molecule has 0 aliphatic carbocycles. The van der Waals surface area contributed by atoms with Crippen LogP contribution in [0.5, 0.6) is 5.75 Å². The van der Waals surface area contributed by atoms with Gasteiger partial charge in [0.25, 0.3) is 0 Å². The lowest BCUT2D eigenvalue weighted by Crippen LogP contribution is -2.06. The van der Waals surface area contributed by atoms with Gasteiger partial charge in [0, 0.05) is 0 Å². The largest absolute Gasteiger partial charge is 0.505 e. The van der Waals surface area contributed by atoms with E-state index in [0.717, 1.165) is 6.07 Å². The molecule has 0 heterocycles. The van der Waals surface area contributed by atoms with E-state index in [0.29, 0.717) is 0 Å². The third-order valence-electron chi connectivity index (χ3n) is 1.46. The van der Waals surface area contributed by atoms with Crippen LogP contribution < -0.4 is 5.73 Å². The number of hydrogen-bond donors (Lipinski definition) is 3. The minimum atomic E-state index is -1.52. The molecule has 1 rings (SSSR count). The van der Waals surface area contributed by atoms with E-state index in [-0.39, 0.29) is 4.47 Å². The van der Waals surface area contributed by atoms with E-state index < -0.39 is 28.8 Å². The standard InChI is InChI=1S/C7H5BrFNO3/c8-2-1-3(9)4(7(12)13)5(10)6(2)11/h1,11H,10H2,(H,12,13). The summed E-state index contributed by atoms with van der Waals surface area (Å²) in [6, 6.07) is 0.842. The van der Waals surface area contributed by atoms with E-state index in [1.807, 2.05) is 0 Å². The van der Waals surface area contributed by atoms with Crippen molar-refractivity contribution >= 4 is 27.6 Å². The summed E-state index contributed by atoms with van der Waals surface area (Å²) in [5, 5.41) is 17.7. The summed E-state index contributed by atoms with van der Waals surface area (Å²) in [7, 11) is 0. The molecular weight excluding hydrogens is 245 g/mol. The maximum Gasteiger partial charge on any atom is 0.340 e. The molecular formula is C7H5BrFNO3. The normalized spacial score (nSPS) is 10.0. The van der Waals surface area contributed by atoms with Crippen molar-refractivity contribution in [1.82, 2.24) is 0 Å². The van der Waals surface area contributed by atoms with Crippen LogP contribution in [0.1, 0.15) is 10.4 Å². The van der Waals surface area contributed by atoms with Crippen LogP contribution in [0.25, 0.3) is 0 Å². The Morgan fingerprint density at radius 3 is 2.62 bits per heavy atom. The lowest BCUT2D eigenvalue weighted by Gasteiger charge is -2.06. The Kier molecular flexibility index (Phi) is 2.42. The average Bonchev–Trinajstić information content (AvgIpc) is 1.99. The SMILES string of the molecule is Nc1c(O)c(Br)cc(F)c1C(=O)O. The van der Waals surface area contributed by atoms with Crippen LogP contribution >= 0.6 is 15.9 Å². The second-order valence-electron chi connectivity index (χ2n) is 2.28. The van der Waals surface area contributed by atoms with Gasteiger partial charge in [0.2, 0.25) is 0 Å². The fourth-order valence-corrected chi connectivity index (χ4v) is 1.26. The van der Waals surface area contributed by atoms with Crippen LogP contribution in [0.3, 0.4) is 0 Å². The van der Waals surface area contributed by atoms with Crippen molar-refractivity contribution in [2.45, 2.75) is 0 Å². The van der Waals surface area contributed by atoms with Crippen LogP contribution in [-0.4, -0.2) is 16.2 Å². The number of phenols is 1. The second-order valence-corrected chi connectivity index (χ2v) is 3.14. The maximum atomic E-state index is 12.9. The van der Waals surface area contributed by atoms with Gasteiger partial charge in [-0.3, -0.25) is 0 Å². The molecule has 0 atom stereocenters. The Labute approximate surface area is 80.9 Å². The monoisotopic (exact) mass is 249 g/mol. The predicted molar refractivity (Wildman–Crippen MR) is 47.1 cm³/mol. The van der Waals surface area contributed by atoms with E-state index in [1.54, 1.807) is 0 Å². The van der Waals surface area contributed by atoms with Crippen molar-refractivity contribution in [3.8, 4) is 5.75 Å². The van der Waals surface area contributed by atoms with Gasteiger partial charge in [0.15, 0.2) is 5.75 Å². The van der Waals surface area contributed by atoms with Gasteiger partial charge >= 0.3 is 5.97 Å². The van der Waals surface area contributed by atoms with Crippen LogP contribution in [0.4, 0.5) is 10.1 Å². The van der Waals surface area contributed by atoms with E-state index in [1.165, 1.54) is 0 Å². The number of anilines is 1. The summed E-state index contributed by atoms with van der Waals surface area (Å²) in [4.78, 5) is 10.5.